The van der Waals surface area contributed by atoms with Crippen LogP contribution >= 0.6 is 0 Å². The van der Waals surface area contributed by atoms with Gasteiger partial charge in [-0.3, -0.25) is 9.59 Å². The van der Waals surface area contributed by atoms with Crippen molar-refractivity contribution in [1.82, 2.24) is 40.4 Å². The van der Waals surface area contributed by atoms with E-state index in [4.69, 9.17) is 19.4 Å². The van der Waals surface area contributed by atoms with Crippen molar-refractivity contribution in [2.45, 2.75) is 69.4 Å². The zero-order valence-electron chi connectivity index (χ0n) is 34.9. The summed E-state index contributed by atoms with van der Waals surface area (Å²) in [5.74, 6) is 2.91. The van der Waals surface area contributed by atoms with Crippen molar-refractivity contribution in [3.63, 3.8) is 0 Å². The molecule has 4 amide bonds. The molecular weight excluding hydrogens is 785 g/mol. The second-order valence-corrected chi connectivity index (χ2v) is 17.9. The van der Waals surface area contributed by atoms with Gasteiger partial charge >= 0.3 is 12.2 Å². The molecule has 12 rings (SSSR count). The summed E-state index contributed by atoms with van der Waals surface area (Å²) in [5.41, 5.74) is 6.49. The van der Waals surface area contributed by atoms with Gasteiger partial charge in [-0.2, -0.15) is 0 Å². The first kappa shape index (κ1) is 38.2. The molecule has 0 spiro atoms. The number of aromatic nitrogens is 4. The van der Waals surface area contributed by atoms with Crippen molar-refractivity contribution in [1.29, 1.82) is 0 Å². The summed E-state index contributed by atoms with van der Waals surface area (Å²) < 4.78 is 9.73. The van der Waals surface area contributed by atoms with Crippen LogP contribution in [0.2, 0.25) is 0 Å². The molecule has 3 aliphatic heterocycles. The van der Waals surface area contributed by atoms with Gasteiger partial charge in [0, 0.05) is 17.5 Å². The monoisotopic (exact) mass is 832 g/mol. The number of hydrogen-bond donors (Lipinski definition) is 4. The topological polar surface area (TPSA) is 175 Å². The molecule has 4 N–H and O–H groups in total. The summed E-state index contributed by atoms with van der Waals surface area (Å²) in [5, 5.41) is 7.67. The number of hydrogen-bond acceptors (Lipinski definition) is 8. The number of amides is 4. The van der Waals surface area contributed by atoms with Crippen LogP contribution in [0.1, 0.15) is 68.4 Å². The second kappa shape index (κ2) is 14.5. The average molecular weight is 833 g/mol. The number of methoxy groups -OCH3 is 2. The highest BCUT2D eigenvalue weighted by molar-refractivity contribution is 6.05. The molecule has 2 unspecified atom stereocenters. The Kier molecular flexibility index (Phi) is 8.92. The number of carbonyl (C=O) groups excluding carboxylic acids is 4. The van der Waals surface area contributed by atoms with Crippen LogP contribution < -0.4 is 10.6 Å². The quantitative estimate of drug-likeness (QED) is 0.110. The van der Waals surface area contributed by atoms with Crippen molar-refractivity contribution >= 4 is 45.8 Å². The minimum Gasteiger partial charge on any atom is -0.453 e. The van der Waals surface area contributed by atoms with Gasteiger partial charge in [-0.25, -0.2) is 19.6 Å². The van der Waals surface area contributed by atoms with Crippen LogP contribution in [-0.2, 0) is 19.1 Å². The fraction of sp³-hybridized carbons (Fsp3) is 0.375. The molecule has 6 fully saturated rings. The zero-order valence-corrected chi connectivity index (χ0v) is 34.9. The number of nitrogens with one attached hydrogen (secondary N) is 4. The van der Waals surface area contributed by atoms with Crippen LogP contribution in [0.5, 0.6) is 0 Å². The molecule has 14 nitrogen and oxygen atoms in total. The normalized spacial score (nSPS) is 26.1. The van der Waals surface area contributed by atoms with E-state index >= 15 is 0 Å². The van der Waals surface area contributed by atoms with Crippen LogP contribution in [0.25, 0.3) is 44.2 Å². The third kappa shape index (κ3) is 6.04. The first-order chi connectivity index (χ1) is 30.1. The number of nitrogens with zero attached hydrogens (tertiary/aromatic N) is 4. The van der Waals surface area contributed by atoms with Gasteiger partial charge in [0.25, 0.3) is 5.91 Å². The Labute approximate surface area is 357 Å². The first-order valence-electron chi connectivity index (χ1n) is 21.6. The molecule has 6 aromatic rings. The molecule has 4 aromatic carbocycles. The van der Waals surface area contributed by atoms with E-state index in [1.165, 1.54) is 14.2 Å². The van der Waals surface area contributed by atoms with Gasteiger partial charge in [-0.1, -0.05) is 86.6 Å². The average Bonchev–Trinajstić information content (AvgIpc) is 3.74. The van der Waals surface area contributed by atoms with E-state index in [1.54, 1.807) is 0 Å². The van der Waals surface area contributed by atoms with Gasteiger partial charge in [-0.05, 0) is 88.6 Å². The number of benzene rings is 4. The molecule has 3 saturated heterocycles. The number of alkyl carbamates (subject to hydrolysis) is 2. The highest BCUT2D eigenvalue weighted by atomic mass is 16.5. The molecule has 4 bridgehead atoms. The Morgan fingerprint density at radius 3 is 2.21 bits per heavy atom. The van der Waals surface area contributed by atoms with E-state index in [-0.39, 0.29) is 47.8 Å². The minimum absolute atomic E-state index is 0.0740. The summed E-state index contributed by atoms with van der Waals surface area (Å²) in [7, 11) is 2.61. The van der Waals surface area contributed by atoms with E-state index in [1.807, 2.05) is 66.2 Å². The summed E-state index contributed by atoms with van der Waals surface area (Å²) in [6.07, 6.45) is 3.42. The Bertz CT molecular complexity index is 2760. The summed E-state index contributed by atoms with van der Waals surface area (Å²) in [4.78, 5) is 73.8. The molecule has 316 valence electrons. The Hall–Kier alpha value is -6.70. The number of piperidine rings is 2. The lowest BCUT2D eigenvalue weighted by atomic mass is 9.96. The van der Waals surface area contributed by atoms with E-state index in [0.717, 1.165) is 75.1 Å². The van der Waals surface area contributed by atoms with E-state index in [2.05, 4.69) is 69.1 Å². The lowest BCUT2D eigenvalue weighted by molar-refractivity contribution is -0.138. The summed E-state index contributed by atoms with van der Waals surface area (Å²) in [6.45, 7) is 3.87. The van der Waals surface area contributed by atoms with E-state index in [9.17, 15) is 19.2 Å². The molecule has 3 aliphatic carbocycles. The molecule has 3 saturated carbocycles. The van der Waals surface area contributed by atoms with Crippen molar-refractivity contribution in [2.75, 3.05) is 14.2 Å². The first-order valence-corrected chi connectivity index (χ1v) is 21.6. The number of imidazole rings is 2. The van der Waals surface area contributed by atoms with Crippen LogP contribution in [0.15, 0.2) is 91.1 Å². The van der Waals surface area contributed by atoms with Crippen LogP contribution in [-0.4, -0.2) is 86.1 Å². The number of rotatable bonds is 10. The lowest BCUT2D eigenvalue weighted by Gasteiger charge is -2.36. The highest BCUT2D eigenvalue weighted by Crippen LogP contribution is 2.81. The van der Waals surface area contributed by atoms with Gasteiger partial charge < -0.3 is 39.9 Å². The predicted octanol–water partition coefficient (Wildman–Crippen LogP) is 7.43. The number of carbonyl (C=O) groups is 4. The zero-order chi connectivity index (χ0) is 42.6. The Morgan fingerprint density at radius 1 is 0.742 bits per heavy atom. The van der Waals surface area contributed by atoms with E-state index in [0.29, 0.717) is 23.3 Å². The third-order valence-electron chi connectivity index (χ3n) is 14.3. The number of H-pyrrole nitrogens is 2. The molecular formula is C48H48N8O6. The Morgan fingerprint density at radius 2 is 1.47 bits per heavy atom. The molecule has 14 heteroatoms. The number of ether oxygens (including phenoxy) is 2. The van der Waals surface area contributed by atoms with Gasteiger partial charge in [0.05, 0.1) is 49.2 Å². The fourth-order valence-electron chi connectivity index (χ4n) is 11.2. The SMILES string of the molecule is COC(=O)N[C@H](C(=O)N1[C@H](c2nc3ccc4cc(-c5ccc(-c6cnc([C@@H]7[C@H]8CC[C@H](C8)N7C(=O)[C@H](NC(=O)OC)c7ccccc7)[nH]6)cc5)ccc4c3[nH]2)C2C3[C@H]2[C@@H]31)C(C)C. The number of fused-ring (bicyclic) bond motifs is 6. The second-order valence-electron chi connectivity index (χ2n) is 17.9. The van der Waals surface area contributed by atoms with Crippen molar-refractivity contribution < 1.29 is 28.7 Å². The van der Waals surface area contributed by atoms with Crippen molar-refractivity contribution in [3.05, 3.63) is 108 Å². The van der Waals surface area contributed by atoms with Gasteiger partial charge in [0.2, 0.25) is 5.91 Å². The maximum absolute atomic E-state index is 14.3. The van der Waals surface area contributed by atoms with Gasteiger partial charge in [0.15, 0.2) is 0 Å². The maximum atomic E-state index is 14.3. The number of aromatic amines is 2. The largest absolute Gasteiger partial charge is 0.453 e. The summed E-state index contributed by atoms with van der Waals surface area (Å²) >= 11 is 0. The van der Waals surface area contributed by atoms with Gasteiger partial charge in [-0.15, -0.1) is 0 Å². The standard InChI is InChI=1S/C48H48N8O6/c1-23(2)37(53-47(59)61-3)45(57)56-41-34-35(41)36(34)42(56)44-50-32-19-16-28-20-27(15-18-31(28)39(32)52-44)24-10-12-25(13-11-24)33-22-49-43(51-33)40-29-14-17-30(21-29)55(40)46(58)38(54-48(60)62-4)26-8-6-5-7-9-26/h5-13,15-16,18-20,22-23,29-30,34-38,40-42H,14,17,21H2,1-4H3,(H,49,51)(H,50,52)(H,53,59)(H,54,60)/t29-,30+,34+,35?,36?,37-,38+,40-,41-,42-/m0/s1. The molecule has 5 heterocycles. The molecule has 2 aromatic heterocycles. The number of likely N-dealkylation sites (tertiary alicyclic amines) is 1. The predicted molar refractivity (Wildman–Crippen MR) is 230 cm³/mol. The molecule has 62 heavy (non-hydrogen) atoms. The van der Waals surface area contributed by atoms with Crippen LogP contribution in [0.3, 0.4) is 0 Å². The van der Waals surface area contributed by atoms with Crippen molar-refractivity contribution in [2.24, 2.45) is 29.6 Å². The van der Waals surface area contributed by atoms with Crippen LogP contribution in [0, 0.1) is 29.6 Å². The highest BCUT2D eigenvalue weighted by Gasteiger charge is 2.86. The lowest BCUT2D eigenvalue weighted by Crippen LogP contribution is -2.51. The maximum Gasteiger partial charge on any atom is 0.407 e. The molecule has 10 atom stereocenters. The molecule has 6 aliphatic rings. The van der Waals surface area contributed by atoms with Crippen molar-refractivity contribution in [3.8, 4) is 22.4 Å². The van der Waals surface area contributed by atoms with E-state index < -0.39 is 24.3 Å². The fourth-order valence-corrected chi connectivity index (χ4v) is 11.2. The minimum atomic E-state index is -0.876. The van der Waals surface area contributed by atoms with Gasteiger partial charge in [0.1, 0.15) is 23.7 Å². The smallest absolute Gasteiger partial charge is 0.407 e. The summed E-state index contributed by atoms with van der Waals surface area (Å²) in [6, 6.07) is 26.6. The molecule has 0 radical (unpaired) electrons. The third-order valence-corrected chi connectivity index (χ3v) is 14.3. The Balaban J connectivity index is 0.823. The van der Waals surface area contributed by atoms with Crippen LogP contribution in [0.4, 0.5) is 9.59 Å².